The summed E-state index contributed by atoms with van der Waals surface area (Å²) < 4.78 is 0. The first kappa shape index (κ1) is 12.3. The molecule has 0 bridgehead atoms. The molecule has 3 heteroatoms. The standard InChI is InChI=1S/C14H18N2S/c1-8-5-10(3)12(6-9(8)2)14-16-13(7-17-14)11(4)15/h5-7,11H,15H2,1-4H3. The first-order valence-electron chi connectivity index (χ1n) is 5.78. The van der Waals surface area contributed by atoms with Crippen molar-refractivity contribution >= 4 is 11.3 Å². The minimum Gasteiger partial charge on any atom is -0.323 e. The summed E-state index contributed by atoms with van der Waals surface area (Å²) in [4.78, 5) is 4.61. The van der Waals surface area contributed by atoms with Gasteiger partial charge in [-0.15, -0.1) is 11.3 Å². The van der Waals surface area contributed by atoms with Gasteiger partial charge < -0.3 is 5.73 Å². The second-order valence-electron chi connectivity index (χ2n) is 4.62. The molecule has 0 aliphatic heterocycles. The molecule has 0 amide bonds. The fourth-order valence-electron chi connectivity index (χ4n) is 1.81. The molecule has 2 N–H and O–H groups in total. The zero-order chi connectivity index (χ0) is 12.6. The molecule has 90 valence electrons. The Morgan fingerprint density at radius 2 is 1.76 bits per heavy atom. The quantitative estimate of drug-likeness (QED) is 0.876. The Balaban J connectivity index is 2.49. The highest BCUT2D eigenvalue weighted by Crippen LogP contribution is 2.30. The molecule has 0 saturated heterocycles. The maximum atomic E-state index is 5.84. The van der Waals surface area contributed by atoms with Gasteiger partial charge in [0.2, 0.25) is 0 Å². The van der Waals surface area contributed by atoms with Gasteiger partial charge in [0.25, 0.3) is 0 Å². The molecule has 1 aromatic heterocycles. The van der Waals surface area contributed by atoms with Gasteiger partial charge in [-0.1, -0.05) is 6.07 Å². The van der Waals surface area contributed by atoms with Crippen LogP contribution in [0.25, 0.3) is 10.6 Å². The van der Waals surface area contributed by atoms with Crippen molar-refractivity contribution in [2.75, 3.05) is 0 Å². The predicted molar refractivity (Wildman–Crippen MR) is 74.4 cm³/mol. The molecule has 1 unspecified atom stereocenters. The number of hydrogen-bond acceptors (Lipinski definition) is 3. The van der Waals surface area contributed by atoms with Crippen LogP contribution in [0.1, 0.15) is 35.3 Å². The highest BCUT2D eigenvalue weighted by Gasteiger charge is 2.10. The number of thiazole rings is 1. The molecule has 0 saturated carbocycles. The molecule has 0 fully saturated rings. The Morgan fingerprint density at radius 3 is 2.35 bits per heavy atom. The van der Waals surface area contributed by atoms with Crippen molar-refractivity contribution in [3.63, 3.8) is 0 Å². The maximum absolute atomic E-state index is 5.84. The van der Waals surface area contributed by atoms with Crippen LogP contribution in [0.15, 0.2) is 17.5 Å². The molecule has 0 spiro atoms. The first-order valence-corrected chi connectivity index (χ1v) is 6.66. The lowest BCUT2D eigenvalue weighted by molar-refractivity contribution is 0.790. The summed E-state index contributed by atoms with van der Waals surface area (Å²) in [6.07, 6.45) is 0. The normalized spacial score (nSPS) is 12.8. The number of rotatable bonds is 2. The topological polar surface area (TPSA) is 38.9 Å². The van der Waals surface area contributed by atoms with Crippen molar-refractivity contribution in [3.8, 4) is 10.6 Å². The highest BCUT2D eigenvalue weighted by atomic mass is 32.1. The van der Waals surface area contributed by atoms with Crippen molar-refractivity contribution in [3.05, 3.63) is 39.9 Å². The summed E-state index contributed by atoms with van der Waals surface area (Å²) >= 11 is 1.67. The Bertz CT molecular complexity index is 541. The van der Waals surface area contributed by atoms with E-state index in [4.69, 9.17) is 5.73 Å². The molecule has 2 nitrogen and oxygen atoms in total. The van der Waals surface area contributed by atoms with E-state index in [0.29, 0.717) is 0 Å². The lowest BCUT2D eigenvalue weighted by Crippen LogP contribution is -2.04. The lowest BCUT2D eigenvalue weighted by Gasteiger charge is -2.07. The van der Waals surface area contributed by atoms with E-state index in [9.17, 15) is 0 Å². The second-order valence-corrected chi connectivity index (χ2v) is 5.48. The van der Waals surface area contributed by atoms with Crippen molar-refractivity contribution in [1.29, 1.82) is 0 Å². The summed E-state index contributed by atoms with van der Waals surface area (Å²) in [7, 11) is 0. The van der Waals surface area contributed by atoms with Crippen LogP contribution in [0.4, 0.5) is 0 Å². The molecule has 1 heterocycles. The molecule has 0 aliphatic rings. The zero-order valence-corrected chi connectivity index (χ0v) is 11.6. The van der Waals surface area contributed by atoms with Gasteiger partial charge in [0, 0.05) is 17.0 Å². The zero-order valence-electron chi connectivity index (χ0n) is 10.7. The van der Waals surface area contributed by atoms with Crippen molar-refractivity contribution < 1.29 is 0 Å². The van der Waals surface area contributed by atoms with Gasteiger partial charge in [-0.3, -0.25) is 0 Å². The van der Waals surface area contributed by atoms with E-state index in [1.54, 1.807) is 11.3 Å². The SMILES string of the molecule is Cc1cc(C)c(-c2nc(C(C)N)cs2)cc1C. The van der Waals surface area contributed by atoms with E-state index in [0.717, 1.165) is 10.7 Å². The fraction of sp³-hybridized carbons (Fsp3) is 0.357. The smallest absolute Gasteiger partial charge is 0.123 e. The Hall–Kier alpha value is -1.19. The molecule has 1 aromatic carbocycles. The van der Waals surface area contributed by atoms with Gasteiger partial charge >= 0.3 is 0 Å². The third-order valence-electron chi connectivity index (χ3n) is 3.06. The average Bonchev–Trinajstić information content (AvgIpc) is 2.72. The molecule has 17 heavy (non-hydrogen) atoms. The van der Waals surface area contributed by atoms with Gasteiger partial charge in [0.05, 0.1) is 5.69 Å². The molecule has 2 rings (SSSR count). The number of hydrogen-bond donors (Lipinski definition) is 1. The van der Waals surface area contributed by atoms with Crippen LogP contribution in [0.5, 0.6) is 0 Å². The number of aromatic nitrogens is 1. The van der Waals surface area contributed by atoms with E-state index in [1.165, 1.54) is 22.3 Å². The van der Waals surface area contributed by atoms with Crippen molar-refractivity contribution in [1.82, 2.24) is 4.98 Å². The first-order chi connectivity index (χ1) is 7.99. The molecule has 2 aromatic rings. The summed E-state index contributed by atoms with van der Waals surface area (Å²) in [6.45, 7) is 8.38. The number of benzene rings is 1. The van der Waals surface area contributed by atoms with E-state index >= 15 is 0 Å². The van der Waals surface area contributed by atoms with Crippen LogP contribution in [-0.2, 0) is 0 Å². The van der Waals surface area contributed by atoms with Crippen LogP contribution in [-0.4, -0.2) is 4.98 Å². The number of nitrogens with two attached hydrogens (primary N) is 1. The average molecular weight is 246 g/mol. The molecular formula is C14H18N2S. The van der Waals surface area contributed by atoms with E-state index in [-0.39, 0.29) is 6.04 Å². The van der Waals surface area contributed by atoms with Crippen LogP contribution >= 0.6 is 11.3 Å². The van der Waals surface area contributed by atoms with Gasteiger partial charge in [0.1, 0.15) is 5.01 Å². The van der Waals surface area contributed by atoms with Gasteiger partial charge in [-0.25, -0.2) is 4.98 Å². The van der Waals surface area contributed by atoms with Crippen molar-refractivity contribution in [2.24, 2.45) is 5.73 Å². The molecular weight excluding hydrogens is 228 g/mol. The van der Waals surface area contributed by atoms with E-state index in [2.05, 4.69) is 43.3 Å². The monoisotopic (exact) mass is 246 g/mol. The van der Waals surface area contributed by atoms with Gasteiger partial charge in [-0.05, 0) is 50.5 Å². The number of nitrogens with zero attached hydrogens (tertiary/aromatic N) is 1. The van der Waals surface area contributed by atoms with Crippen LogP contribution in [0, 0.1) is 20.8 Å². The van der Waals surface area contributed by atoms with Gasteiger partial charge in [0.15, 0.2) is 0 Å². The summed E-state index contributed by atoms with van der Waals surface area (Å²) in [5, 5.41) is 3.12. The third kappa shape index (κ3) is 2.40. The van der Waals surface area contributed by atoms with E-state index < -0.39 is 0 Å². The summed E-state index contributed by atoms with van der Waals surface area (Å²) in [5.41, 5.74) is 12.0. The van der Waals surface area contributed by atoms with E-state index in [1.807, 2.05) is 6.92 Å². The molecule has 0 aliphatic carbocycles. The maximum Gasteiger partial charge on any atom is 0.123 e. The molecule has 1 atom stereocenters. The lowest BCUT2D eigenvalue weighted by atomic mass is 10.0. The van der Waals surface area contributed by atoms with Gasteiger partial charge in [-0.2, -0.15) is 0 Å². The highest BCUT2D eigenvalue weighted by molar-refractivity contribution is 7.13. The fourth-order valence-corrected chi connectivity index (χ4v) is 2.81. The minimum atomic E-state index is 0.00634. The Labute approximate surface area is 107 Å². The summed E-state index contributed by atoms with van der Waals surface area (Å²) in [5.74, 6) is 0. The largest absolute Gasteiger partial charge is 0.323 e. The predicted octanol–water partition coefficient (Wildman–Crippen LogP) is 3.76. The van der Waals surface area contributed by atoms with Crippen LogP contribution in [0.2, 0.25) is 0 Å². The van der Waals surface area contributed by atoms with Crippen molar-refractivity contribution in [2.45, 2.75) is 33.7 Å². The number of aryl methyl sites for hydroxylation is 3. The molecule has 0 radical (unpaired) electrons. The van der Waals surface area contributed by atoms with Crippen LogP contribution < -0.4 is 5.73 Å². The third-order valence-corrected chi connectivity index (χ3v) is 3.95. The Morgan fingerprint density at radius 1 is 1.12 bits per heavy atom. The second kappa shape index (κ2) is 4.59. The minimum absolute atomic E-state index is 0.00634. The van der Waals surface area contributed by atoms with Crippen LogP contribution in [0.3, 0.4) is 0 Å². The summed E-state index contributed by atoms with van der Waals surface area (Å²) in [6, 6.07) is 4.44. The Kier molecular flexibility index (Phi) is 3.31.